The molecule has 5 rings (SSSR count). The number of amides is 1. The summed E-state index contributed by atoms with van der Waals surface area (Å²) in [7, 11) is 0. The lowest BCUT2D eigenvalue weighted by Gasteiger charge is -2.35. The van der Waals surface area contributed by atoms with Crippen LogP contribution in [0.15, 0.2) is 34.9 Å². The molecule has 1 aliphatic carbocycles. The number of hydrogen-bond acceptors (Lipinski definition) is 5. The first-order valence-corrected chi connectivity index (χ1v) is 12.3. The SMILES string of the molecule is Cc1ccccc1CN1CCC(CN(CC2CCCO2)C(=O)c2cc(C3CC3)on2)CC1. The second-order valence-electron chi connectivity index (χ2n) is 9.88. The highest BCUT2D eigenvalue weighted by Gasteiger charge is 2.32. The molecule has 3 fully saturated rings. The molecule has 2 aliphatic heterocycles. The first-order valence-electron chi connectivity index (χ1n) is 12.3. The van der Waals surface area contributed by atoms with Gasteiger partial charge in [0.15, 0.2) is 5.69 Å². The summed E-state index contributed by atoms with van der Waals surface area (Å²) in [6, 6.07) is 10.5. The number of piperidine rings is 1. The third kappa shape index (κ3) is 5.24. The highest BCUT2D eigenvalue weighted by Crippen LogP contribution is 2.40. The molecule has 1 amide bonds. The van der Waals surface area contributed by atoms with Crippen LogP contribution in [-0.4, -0.2) is 59.8 Å². The van der Waals surface area contributed by atoms with Crippen LogP contribution in [0.1, 0.15) is 71.8 Å². The number of hydrogen-bond donors (Lipinski definition) is 0. The molecule has 0 bridgehead atoms. The van der Waals surface area contributed by atoms with Crippen molar-refractivity contribution < 1.29 is 14.1 Å². The molecular formula is C26H35N3O3. The van der Waals surface area contributed by atoms with E-state index in [1.54, 1.807) is 0 Å². The van der Waals surface area contributed by atoms with E-state index in [0.717, 1.165) is 77.1 Å². The Morgan fingerprint density at radius 1 is 1.12 bits per heavy atom. The summed E-state index contributed by atoms with van der Waals surface area (Å²) in [4.78, 5) is 17.9. The summed E-state index contributed by atoms with van der Waals surface area (Å²) in [5, 5.41) is 4.12. The Bertz CT molecular complexity index is 909. The fourth-order valence-corrected chi connectivity index (χ4v) is 5.05. The first-order chi connectivity index (χ1) is 15.7. The zero-order valence-corrected chi connectivity index (χ0v) is 19.2. The molecule has 1 atom stereocenters. The average Bonchev–Trinajstić information content (AvgIpc) is 3.31. The summed E-state index contributed by atoms with van der Waals surface area (Å²) in [6.07, 6.45) is 6.79. The van der Waals surface area contributed by atoms with E-state index in [1.165, 1.54) is 11.1 Å². The highest BCUT2D eigenvalue weighted by molar-refractivity contribution is 5.92. The molecule has 3 heterocycles. The lowest BCUT2D eigenvalue weighted by Crippen LogP contribution is -2.43. The third-order valence-electron chi connectivity index (χ3n) is 7.30. The largest absolute Gasteiger partial charge is 0.376 e. The van der Waals surface area contributed by atoms with Crippen LogP contribution in [0.3, 0.4) is 0 Å². The zero-order valence-electron chi connectivity index (χ0n) is 19.2. The van der Waals surface area contributed by atoms with E-state index >= 15 is 0 Å². The Kier molecular flexibility index (Phi) is 6.60. The van der Waals surface area contributed by atoms with Gasteiger partial charge in [0, 0.05) is 38.2 Å². The van der Waals surface area contributed by atoms with E-state index in [1.807, 2.05) is 11.0 Å². The Balaban J connectivity index is 1.19. The van der Waals surface area contributed by atoms with Crippen LogP contribution >= 0.6 is 0 Å². The highest BCUT2D eigenvalue weighted by atomic mass is 16.5. The van der Waals surface area contributed by atoms with Crippen molar-refractivity contribution in [3.63, 3.8) is 0 Å². The molecule has 1 aromatic heterocycles. The number of ether oxygens (including phenoxy) is 1. The molecule has 32 heavy (non-hydrogen) atoms. The predicted molar refractivity (Wildman–Crippen MR) is 123 cm³/mol. The van der Waals surface area contributed by atoms with E-state index in [0.29, 0.717) is 24.1 Å². The van der Waals surface area contributed by atoms with Crippen molar-refractivity contribution in [3.8, 4) is 0 Å². The lowest BCUT2D eigenvalue weighted by atomic mass is 9.95. The van der Waals surface area contributed by atoms with Crippen molar-refractivity contribution >= 4 is 5.91 Å². The molecule has 172 valence electrons. The molecule has 3 aliphatic rings. The van der Waals surface area contributed by atoms with Gasteiger partial charge in [-0.05, 0) is 75.6 Å². The average molecular weight is 438 g/mol. The molecule has 1 aromatic carbocycles. The maximum Gasteiger partial charge on any atom is 0.276 e. The second-order valence-corrected chi connectivity index (χ2v) is 9.88. The molecule has 2 saturated heterocycles. The standard InChI is InChI=1S/C26H35N3O3/c1-19-5-2-3-6-22(19)17-28-12-10-20(11-13-28)16-29(18-23-7-4-14-31-23)26(30)24-15-25(32-27-24)21-8-9-21/h2-3,5-6,15,20-21,23H,4,7-14,16-18H2,1H3. The van der Waals surface area contributed by atoms with Crippen molar-refractivity contribution in [2.45, 2.75) is 64.0 Å². The van der Waals surface area contributed by atoms with E-state index in [9.17, 15) is 4.79 Å². The number of nitrogens with zero attached hydrogens (tertiary/aromatic N) is 3. The number of likely N-dealkylation sites (tertiary alicyclic amines) is 1. The lowest BCUT2D eigenvalue weighted by molar-refractivity contribution is 0.0437. The van der Waals surface area contributed by atoms with Crippen molar-refractivity contribution in [1.82, 2.24) is 15.0 Å². The zero-order chi connectivity index (χ0) is 21.9. The Labute approximate surface area is 190 Å². The number of aromatic nitrogens is 1. The van der Waals surface area contributed by atoms with Gasteiger partial charge in [-0.3, -0.25) is 9.69 Å². The predicted octanol–water partition coefficient (Wildman–Crippen LogP) is 4.39. The number of benzene rings is 1. The molecule has 0 N–H and O–H groups in total. The van der Waals surface area contributed by atoms with Crippen molar-refractivity contribution in [2.24, 2.45) is 5.92 Å². The first kappa shape index (κ1) is 21.7. The third-order valence-corrected chi connectivity index (χ3v) is 7.30. The van der Waals surface area contributed by atoms with Gasteiger partial charge in [-0.15, -0.1) is 0 Å². The van der Waals surface area contributed by atoms with Crippen molar-refractivity contribution in [1.29, 1.82) is 0 Å². The molecule has 6 heteroatoms. The molecule has 2 aromatic rings. The molecular weight excluding hydrogens is 402 g/mol. The van der Waals surface area contributed by atoms with Crippen LogP contribution in [0.25, 0.3) is 0 Å². The van der Waals surface area contributed by atoms with Crippen LogP contribution in [0, 0.1) is 12.8 Å². The molecule has 0 spiro atoms. The quantitative estimate of drug-likeness (QED) is 0.613. The van der Waals surface area contributed by atoms with Gasteiger partial charge in [0.2, 0.25) is 0 Å². The molecule has 1 unspecified atom stereocenters. The summed E-state index contributed by atoms with van der Waals surface area (Å²) in [5.74, 6) is 1.85. The van der Waals surface area contributed by atoms with Crippen molar-refractivity contribution in [3.05, 3.63) is 52.9 Å². The van der Waals surface area contributed by atoms with Gasteiger partial charge in [0.05, 0.1) is 6.10 Å². The van der Waals surface area contributed by atoms with Crippen LogP contribution in [0.4, 0.5) is 0 Å². The van der Waals surface area contributed by atoms with Crippen LogP contribution in [0.2, 0.25) is 0 Å². The Hall–Kier alpha value is -2.18. The van der Waals surface area contributed by atoms with Crippen LogP contribution in [-0.2, 0) is 11.3 Å². The Morgan fingerprint density at radius 2 is 1.94 bits per heavy atom. The van der Waals surface area contributed by atoms with Gasteiger partial charge in [0.1, 0.15) is 5.76 Å². The van der Waals surface area contributed by atoms with E-state index in [2.05, 4.69) is 41.2 Å². The van der Waals surface area contributed by atoms with Gasteiger partial charge >= 0.3 is 0 Å². The summed E-state index contributed by atoms with van der Waals surface area (Å²) >= 11 is 0. The summed E-state index contributed by atoms with van der Waals surface area (Å²) in [6.45, 7) is 7.61. The minimum atomic E-state index is -0.00140. The molecule has 6 nitrogen and oxygen atoms in total. The second kappa shape index (κ2) is 9.75. The fraction of sp³-hybridized carbons (Fsp3) is 0.615. The van der Waals surface area contributed by atoms with E-state index in [-0.39, 0.29) is 12.0 Å². The van der Waals surface area contributed by atoms with Crippen molar-refractivity contribution in [2.75, 3.05) is 32.8 Å². The smallest absolute Gasteiger partial charge is 0.276 e. The minimum Gasteiger partial charge on any atom is -0.376 e. The van der Waals surface area contributed by atoms with Gasteiger partial charge in [-0.1, -0.05) is 29.4 Å². The number of aryl methyl sites for hydroxylation is 1. The van der Waals surface area contributed by atoms with E-state index < -0.39 is 0 Å². The van der Waals surface area contributed by atoms with Gasteiger partial charge in [-0.25, -0.2) is 0 Å². The molecule has 1 saturated carbocycles. The maximum atomic E-state index is 13.3. The van der Waals surface area contributed by atoms with Gasteiger partial charge in [0.25, 0.3) is 5.91 Å². The fourth-order valence-electron chi connectivity index (χ4n) is 5.05. The molecule has 0 radical (unpaired) electrons. The van der Waals surface area contributed by atoms with Crippen LogP contribution in [0.5, 0.6) is 0 Å². The number of rotatable bonds is 8. The topological polar surface area (TPSA) is 58.8 Å². The van der Waals surface area contributed by atoms with Gasteiger partial charge < -0.3 is 14.2 Å². The Morgan fingerprint density at radius 3 is 2.66 bits per heavy atom. The summed E-state index contributed by atoms with van der Waals surface area (Å²) < 4.78 is 11.3. The number of carbonyl (C=O) groups is 1. The van der Waals surface area contributed by atoms with Crippen LogP contribution < -0.4 is 0 Å². The minimum absolute atomic E-state index is 0.00140. The number of carbonyl (C=O) groups excluding carboxylic acids is 1. The summed E-state index contributed by atoms with van der Waals surface area (Å²) in [5.41, 5.74) is 3.24. The van der Waals surface area contributed by atoms with Gasteiger partial charge in [-0.2, -0.15) is 0 Å². The monoisotopic (exact) mass is 437 g/mol. The van der Waals surface area contributed by atoms with E-state index in [4.69, 9.17) is 9.26 Å². The normalized spacial score (nSPS) is 22.3. The maximum absolute atomic E-state index is 13.3.